The van der Waals surface area contributed by atoms with E-state index < -0.39 is 0 Å². The highest BCUT2D eigenvalue weighted by atomic mass is 79.9. The third-order valence-electron chi connectivity index (χ3n) is 3.55. The molecule has 3 rings (SSSR count). The number of pyridine rings is 1. The van der Waals surface area contributed by atoms with Gasteiger partial charge in [-0.1, -0.05) is 52.3 Å². The molecule has 0 amide bonds. The van der Waals surface area contributed by atoms with Crippen molar-refractivity contribution in [1.29, 1.82) is 0 Å². The van der Waals surface area contributed by atoms with Gasteiger partial charge in [-0.05, 0) is 24.6 Å². The molecule has 0 spiro atoms. The van der Waals surface area contributed by atoms with Crippen LogP contribution in [0.15, 0.2) is 54.7 Å². The third kappa shape index (κ3) is 2.93. The van der Waals surface area contributed by atoms with E-state index >= 15 is 0 Å². The normalized spacial score (nSPS) is 10.8. The minimum Gasteiger partial charge on any atom is -0.488 e. The first-order chi connectivity index (χ1) is 10.3. The number of ether oxygens (including phenoxy) is 1. The summed E-state index contributed by atoms with van der Waals surface area (Å²) >= 11 is 3.52. The Labute approximate surface area is 132 Å². The molecule has 0 fully saturated rings. The lowest BCUT2D eigenvalue weighted by Gasteiger charge is -2.14. The third-order valence-corrected chi connectivity index (χ3v) is 4.15. The summed E-state index contributed by atoms with van der Waals surface area (Å²) in [4.78, 5) is 4.39. The maximum absolute atomic E-state index is 6.10. The van der Waals surface area contributed by atoms with Crippen molar-refractivity contribution in [3.05, 3.63) is 71.4 Å². The zero-order chi connectivity index (χ0) is 14.7. The van der Waals surface area contributed by atoms with Crippen LogP contribution >= 0.6 is 15.9 Å². The Kier molecular flexibility index (Phi) is 4.20. The van der Waals surface area contributed by atoms with Crippen LogP contribution < -0.4 is 4.74 Å². The van der Waals surface area contributed by atoms with E-state index in [1.54, 1.807) is 0 Å². The van der Waals surface area contributed by atoms with E-state index in [2.05, 4.69) is 52.1 Å². The number of hydrogen-bond donors (Lipinski definition) is 0. The molecule has 0 N–H and O–H groups in total. The fraction of sp³-hybridized carbons (Fsp3) is 0.167. The second kappa shape index (κ2) is 6.27. The van der Waals surface area contributed by atoms with E-state index in [9.17, 15) is 0 Å². The fourth-order valence-corrected chi connectivity index (χ4v) is 2.90. The average Bonchev–Trinajstić information content (AvgIpc) is 2.53. The first-order valence-corrected chi connectivity index (χ1v) is 8.01. The predicted molar refractivity (Wildman–Crippen MR) is 89.9 cm³/mol. The summed E-state index contributed by atoms with van der Waals surface area (Å²) in [5.41, 5.74) is 4.49. The monoisotopic (exact) mass is 341 g/mol. The molecule has 3 heteroatoms. The van der Waals surface area contributed by atoms with Gasteiger partial charge in [-0.3, -0.25) is 4.98 Å². The first kappa shape index (κ1) is 14.1. The van der Waals surface area contributed by atoms with Gasteiger partial charge in [0.2, 0.25) is 0 Å². The van der Waals surface area contributed by atoms with Crippen molar-refractivity contribution in [2.45, 2.75) is 18.9 Å². The molecule has 0 aliphatic rings. The number of aromatic nitrogens is 1. The first-order valence-electron chi connectivity index (χ1n) is 6.89. The maximum Gasteiger partial charge on any atom is 0.126 e. The number of halogens is 1. The number of alkyl halides is 1. The Bertz CT molecular complexity index is 765. The van der Waals surface area contributed by atoms with Gasteiger partial charge in [-0.15, -0.1) is 0 Å². The summed E-state index contributed by atoms with van der Waals surface area (Å²) in [5.74, 6) is 0.968. The highest BCUT2D eigenvalue weighted by Gasteiger charge is 2.08. The number of rotatable bonds is 4. The van der Waals surface area contributed by atoms with Gasteiger partial charge in [0, 0.05) is 28.0 Å². The summed E-state index contributed by atoms with van der Waals surface area (Å²) in [5, 5.41) is 1.94. The molecule has 0 saturated heterocycles. The second-order valence-electron chi connectivity index (χ2n) is 4.97. The van der Waals surface area contributed by atoms with E-state index in [0.29, 0.717) is 6.61 Å². The van der Waals surface area contributed by atoms with Crippen LogP contribution in [0.25, 0.3) is 10.9 Å². The quantitative estimate of drug-likeness (QED) is 0.621. The molecular formula is C18H16BrNO. The standard InChI is InChI=1S/C18H16BrNO/c1-13-5-4-6-14(11-19)18(13)21-12-15-9-10-20-17-8-3-2-7-16(15)17/h2-10H,11-12H2,1H3. The predicted octanol–water partition coefficient (Wildman–Crippen LogP) is 5.02. The fourth-order valence-electron chi connectivity index (χ4n) is 2.46. The van der Waals surface area contributed by atoms with E-state index in [0.717, 1.165) is 33.1 Å². The van der Waals surface area contributed by atoms with Crippen LogP contribution in [0, 0.1) is 6.92 Å². The molecular weight excluding hydrogens is 326 g/mol. The van der Waals surface area contributed by atoms with E-state index in [4.69, 9.17) is 4.74 Å². The number of benzene rings is 2. The van der Waals surface area contributed by atoms with Crippen molar-refractivity contribution < 1.29 is 4.74 Å². The van der Waals surface area contributed by atoms with Gasteiger partial charge in [0.05, 0.1) is 5.52 Å². The van der Waals surface area contributed by atoms with Gasteiger partial charge in [0.25, 0.3) is 0 Å². The molecule has 0 saturated carbocycles. The Balaban J connectivity index is 1.91. The number of nitrogens with zero attached hydrogens (tertiary/aromatic N) is 1. The number of para-hydroxylation sites is 2. The van der Waals surface area contributed by atoms with E-state index in [1.807, 2.05) is 30.5 Å². The zero-order valence-electron chi connectivity index (χ0n) is 11.8. The van der Waals surface area contributed by atoms with Gasteiger partial charge in [-0.25, -0.2) is 0 Å². The minimum absolute atomic E-state index is 0.549. The van der Waals surface area contributed by atoms with Crippen molar-refractivity contribution in [3.63, 3.8) is 0 Å². The van der Waals surface area contributed by atoms with Crippen molar-refractivity contribution >= 4 is 26.8 Å². The SMILES string of the molecule is Cc1cccc(CBr)c1OCc1ccnc2ccccc12. The summed E-state index contributed by atoms with van der Waals surface area (Å²) in [6.07, 6.45) is 1.84. The Morgan fingerprint density at radius 1 is 1.00 bits per heavy atom. The van der Waals surface area contributed by atoms with Crippen LogP contribution in [-0.4, -0.2) is 4.98 Å². The molecule has 1 heterocycles. The summed E-state index contributed by atoms with van der Waals surface area (Å²) in [6.45, 7) is 2.63. The zero-order valence-corrected chi connectivity index (χ0v) is 13.4. The molecule has 106 valence electrons. The van der Waals surface area contributed by atoms with Crippen LogP contribution in [-0.2, 0) is 11.9 Å². The smallest absolute Gasteiger partial charge is 0.126 e. The van der Waals surface area contributed by atoms with E-state index in [-0.39, 0.29) is 0 Å². The molecule has 2 aromatic carbocycles. The second-order valence-corrected chi connectivity index (χ2v) is 5.53. The Morgan fingerprint density at radius 2 is 1.86 bits per heavy atom. The molecule has 0 unspecified atom stereocenters. The minimum atomic E-state index is 0.549. The van der Waals surface area contributed by atoms with Crippen molar-refractivity contribution in [2.24, 2.45) is 0 Å². The summed E-state index contributed by atoms with van der Waals surface area (Å²) in [6, 6.07) is 16.4. The van der Waals surface area contributed by atoms with Crippen LogP contribution in [0.5, 0.6) is 5.75 Å². The average molecular weight is 342 g/mol. The Morgan fingerprint density at radius 3 is 2.71 bits per heavy atom. The lowest BCUT2D eigenvalue weighted by atomic mass is 10.1. The number of fused-ring (bicyclic) bond motifs is 1. The highest BCUT2D eigenvalue weighted by Crippen LogP contribution is 2.27. The van der Waals surface area contributed by atoms with Crippen LogP contribution in [0.3, 0.4) is 0 Å². The van der Waals surface area contributed by atoms with Crippen molar-refractivity contribution in [3.8, 4) is 5.75 Å². The number of hydrogen-bond acceptors (Lipinski definition) is 2. The van der Waals surface area contributed by atoms with Gasteiger partial charge in [0.1, 0.15) is 12.4 Å². The molecule has 0 atom stereocenters. The molecule has 21 heavy (non-hydrogen) atoms. The van der Waals surface area contributed by atoms with Gasteiger partial charge < -0.3 is 4.74 Å². The summed E-state index contributed by atoms with van der Waals surface area (Å²) < 4.78 is 6.10. The molecule has 3 aromatic rings. The van der Waals surface area contributed by atoms with Crippen molar-refractivity contribution in [2.75, 3.05) is 0 Å². The van der Waals surface area contributed by atoms with Gasteiger partial charge in [-0.2, -0.15) is 0 Å². The largest absolute Gasteiger partial charge is 0.488 e. The van der Waals surface area contributed by atoms with E-state index in [1.165, 1.54) is 5.56 Å². The lowest BCUT2D eigenvalue weighted by Crippen LogP contribution is -2.00. The Hall–Kier alpha value is -1.87. The molecule has 2 nitrogen and oxygen atoms in total. The van der Waals surface area contributed by atoms with Crippen LogP contribution in [0.4, 0.5) is 0 Å². The van der Waals surface area contributed by atoms with Gasteiger partial charge >= 0.3 is 0 Å². The molecule has 0 bridgehead atoms. The molecule has 0 aliphatic heterocycles. The van der Waals surface area contributed by atoms with Gasteiger partial charge in [0.15, 0.2) is 0 Å². The van der Waals surface area contributed by atoms with Crippen LogP contribution in [0.2, 0.25) is 0 Å². The summed E-state index contributed by atoms with van der Waals surface area (Å²) in [7, 11) is 0. The highest BCUT2D eigenvalue weighted by molar-refractivity contribution is 9.08. The molecule has 0 aliphatic carbocycles. The van der Waals surface area contributed by atoms with Crippen molar-refractivity contribution in [1.82, 2.24) is 4.98 Å². The maximum atomic E-state index is 6.10. The number of aryl methyl sites for hydroxylation is 1. The molecule has 0 radical (unpaired) electrons. The molecule has 1 aromatic heterocycles. The topological polar surface area (TPSA) is 22.1 Å². The van der Waals surface area contributed by atoms with Crippen LogP contribution in [0.1, 0.15) is 16.7 Å². The lowest BCUT2D eigenvalue weighted by molar-refractivity contribution is 0.303.